The first-order chi connectivity index (χ1) is 7.16. The summed E-state index contributed by atoms with van der Waals surface area (Å²) in [6, 6.07) is 4.70. The fourth-order valence-corrected chi connectivity index (χ4v) is 1.56. The first kappa shape index (κ1) is 10.2. The van der Waals surface area contributed by atoms with E-state index in [1.807, 2.05) is 17.7 Å². The standard InChI is InChI=1S/C11H10ClFN2/c1-8-14-4-5-15(8)7-9-2-3-10(12)6-11(9)13/h2-6H,7H2,1H3. The molecule has 0 unspecified atom stereocenters. The summed E-state index contributed by atoms with van der Waals surface area (Å²) >= 11 is 5.67. The lowest BCUT2D eigenvalue weighted by atomic mass is 10.2. The van der Waals surface area contributed by atoms with Crippen molar-refractivity contribution in [1.82, 2.24) is 9.55 Å². The van der Waals surface area contributed by atoms with Gasteiger partial charge in [0, 0.05) is 23.0 Å². The van der Waals surface area contributed by atoms with Crippen molar-refractivity contribution in [2.24, 2.45) is 0 Å². The van der Waals surface area contributed by atoms with Gasteiger partial charge in [-0.15, -0.1) is 0 Å². The van der Waals surface area contributed by atoms with Crippen LogP contribution in [0.3, 0.4) is 0 Å². The summed E-state index contributed by atoms with van der Waals surface area (Å²) in [5.41, 5.74) is 0.612. The second-order valence-corrected chi connectivity index (χ2v) is 3.77. The van der Waals surface area contributed by atoms with Crippen LogP contribution in [0.1, 0.15) is 11.4 Å². The van der Waals surface area contributed by atoms with Gasteiger partial charge in [-0.25, -0.2) is 9.37 Å². The molecule has 0 atom stereocenters. The second kappa shape index (κ2) is 4.03. The molecule has 0 saturated carbocycles. The first-order valence-electron chi connectivity index (χ1n) is 4.58. The number of imidazole rings is 1. The average molecular weight is 225 g/mol. The molecule has 0 fully saturated rings. The Morgan fingerprint density at radius 2 is 2.27 bits per heavy atom. The highest BCUT2D eigenvalue weighted by atomic mass is 35.5. The molecule has 0 aliphatic heterocycles. The molecule has 0 radical (unpaired) electrons. The fraction of sp³-hybridized carbons (Fsp3) is 0.182. The smallest absolute Gasteiger partial charge is 0.129 e. The first-order valence-corrected chi connectivity index (χ1v) is 4.96. The molecule has 0 amide bonds. The molecule has 0 saturated heterocycles. The molecule has 0 spiro atoms. The van der Waals surface area contributed by atoms with Crippen molar-refractivity contribution >= 4 is 11.6 Å². The Labute approximate surface area is 92.3 Å². The quantitative estimate of drug-likeness (QED) is 0.767. The van der Waals surface area contributed by atoms with Crippen molar-refractivity contribution in [3.63, 3.8) is 0 Å². The highest BCUT2D eigenvalue weighted by molar-refractivity contribution is 6.30. The number of aryl methyl sites for hydroxylation is 1. The number of aromatic nitrogens is 2. The minimum atomic E-state index is -0.282. The number of nitrogens with zero attached hydrogens (tertiary/aromatic N) is 2. The zero-order valence-corrected chi connectivity index (χ0v) is 9.00. The van der Waals surface area contributed by atoms with Crippen molar-refractivity contribution in [3.05, 3.63) is 52.8 Å². The highest BCUT2D eigenvalue weighted by Gasteiger charge is 2.04. The van der Waals surface area contributed by atoms with E-state index in [0.29, 0.717) is 17.1 Å². The molecule has 1 heterocycles. The summed E-state index contributed by atoms with van der Waals surface area (Å²) in [6.07, 6.45) is 3.52. The molecular weight excluding hydrogens is 215 g/mol. The zero-order valence-electron chi connectivity index (χ0n) is 8.24. The third-order valence-electron chi connectivity index (χ3n) is 2.28. The van der Waals surface area contributed by atoms with Gasteiger partial charge in [-0.2, -0.15) is 0 Å². The SMILES string of the molecule is Cc1nccn1Cc1ccc(Cl)cc1F. The van der Waals surface area contributed by atoms with Crippen LogP contribution in [-0.2, 0) is 6.54 Å². The van der Waals surface area contributed by atoms with Crippen molar-refractivity contribution in [3.8, 4) is 0 Å². The van der Waals surface area contributed by atoms with Gasteiger partial charge in [0.05, 0.1) is 6.54 Å². The summed E-state index contributed by atoms with van der Waals surface area (Å²) in [7, 11) is 0. The molecule has 0 aliphatic carbocycles. The maximum Gasteiger partial charge on any atom is 0.129 e. The Morgan fingerprint density at radius 3 is 2.87 bits per heavy atom. The minimum absolute atomic E-state index is 0.282. The Bertz CT molecular complexity index is 479. The average Bonchev–Trinajstić information content (AvgIpc) is 2.57. The van der Waals surface area contributed by atoms with E-state index in [2.05, 4.69) is 4.98 Å². The molecule has 0 bridgehead atoms. The predicted molar refractivity (Wildman–Crippen MR) is 57.5 cm³/mol. The molecule has 2 nitrogen and oxygen atoms in total. The van der Waals surface area contributed by atoms with Gasteiger partial charge in [0.2, 0.25) is 0 Å². The molecule has 78 valence electrons. The lowest BCUT2D eigenvalue weighted by Crippen LogP contribution is -2.02. The fourth-order valence-electron chi connectivity index (χ4n) is 1.40. The summed E-state index contributed by atoms with van der Waals surface area (Å²) in [6.45, 7) is 2.36. The number of hydrogen-bond donors (Lipinski definition) is 0. The summed E-state index contributed by atoms with van der Waals surface area (Å²) in [4.78, 5) is 4.07. The second-order valence-electron chi connectivity index (χ2n) is 3.34. The van der Waals surface area contributed by atoms with Crippen molar-refractivity contribution in [1.29, 1.82) is 0 Å². The van der Waals surface area contributed by atoms with Crippen LogP contribution in [-0.4, -0.2) is 9.55 Å². The van der Waals surface area contributed by atoms with Crippen LogP contribution in [0.5, 0.6) is 0 Å². The van der Waals surface area contributed by atoms with E-state index in [9.17, 15) is 4.39 Å². The summed E-state index contributed by atoms with van der Waals surface area (Å²) in [5, 5.41) is 0.415. The van der Waals surface area contributed by atoms with E-state index < -0.39 is 0 Å². The van der Waals surface area contributed by atoms with Crippen LogP contribution >= 0.6 is 11.6 Å². The Morgan fingerprint density at radius 1 is 1.47 bits per heavy atom. The van der Waals surface area contributed by atoms with E-state index in [4.69, 9.17) is 11.6 Å². The van der Waals surface area contributed by atoms with Gasteiger partial charge in [-0.05, 0) is 19.1 Å². The van der Waals surface area contributed by atoms with Crippen molar-refractivity contribution < 1.29 is 4.39 Å². The van der Waals surface area contributed by atoms with Crippen molar-refractivity contribution in [2.45, 2.75) is 13.5 Å². The van der Waals surface area contributed by atoms with Crippen LogP contribution in [0.4, 0.5) is 4.39 Å². The zero-order chi connectivity index (χ0) is 10.8. The molecule has 0 aliphatic rings. The Hall–Kier alpha value is -1.35. The lowest BCUT2D eigenvalue weighted by molar-refractivity contribution is 0.597. The van der Waals surface area contributed by atoms with Crippen molar-refractivity contribution in [2.75, 3.05) is 0 Å². The molecule has 1 aromatic heterocycles. The molecule has 1 aromatic carbocycles. The number of hydrogen-bond acceptors (Lipinski definition) is 1. The van der Waals surface area contributed by atoms with E-state index >= 15 is 0 Å². The third-order valence-corrected chi connectivity index (χ3v) is 2.51. The van der Waals surface area contributed by atoms with Gasteiger partial charge in [0.15, 0.2) is 0 Å². The molecule has 2 rings (SSSR count). The Kier molecular flexibility index (Phi) is 2.73. The van der Waals surface area contributed by atoms with E-state index in [1.165, 1.54) is 6.07 Å². The van der Waals surface area contributed by atoms with Gasteiger partial charge in [-0.1, -0.05) is 17.7 Å². The van der Waals surface area contributed by atoms with Gasteiger partial charge in [-0.3, -0.25) is 0 Å². The van der Waals surface area contributed by atoms with Gasteiger partial charge in [0.25, 0.3) is 0 Å². The van der Waals surface area contributed by atoms with E-state index in [-0.39, 0.29) is 5.82 Å². The monoisotopic (exact) mass is 224 g/mol. The van der Waals surface area contributed by atoms with Gasteiger partial charge >= 0.3 is 0 Å². The number of rotatable bonds is 2. The third kappa shape index (κ3) is 2.18. The molecule has 0 N–H and O–H groups in total. The minimum Gasteiger partial charge on any atom is -0.331 e. The Balaban J connectivity index is 2.29. The molecule has 2 aromatic rings. The van der Waals surface area contributed by atoms with Crippen LogP contribution in [0.15, 0.2) is 30.6 Å². The summed E-state index contributed by atoms with van der Waals surface area (Å²) < 4.78 is 15.3. The van der Waals surface area contributed by atoms with Crippen LogP contribution in [0, 0.1) is 12.7 Å². The normalized spacial score (nSPS) is 10.6. The van der Waals surface area contributed by atoms with Crippen LogP contribution in [0.2, 0.25) is 5.02 Å². The number of halogens is 2. The van der Waals surface area contributed by atoms with E-state index in [0.717, 1.165) is 5.82 Å². The molecule has 4 heteroatoms. The van der Waals surface area contributed by atoms with Crippen LogP contribution < -0.4 is 0 Å². The molecular formula is C11H10ClFN2. The summed E-state index contributed by atoms with van der Waals surface area (Å²) in [5.74, 6) is 0.583. The maximum atomic E-state index is 13.5. The highest BCUT2D eigenvalue weighted by Crippen LogP contribution is 2.15. The molecule has 15 heavy (non-hydrogen) atoms. The number of benzene rings is 1. The van der Waals surface area contributed by atoms with Crippen LogP contribution in [0.25, 0.3) is 0 Å². The topological polar surface area (TPSA) is 17.8 Å². The van der Waals surface area contributed by atoms with Gasteiger partial charge < -0.3 is 4.57 Å². The lowest BCUT2D eigenvalue weighted by Gasteiger charge is -2.06. The largest absolute Gasteiger partial charge is 0.331 e. The predicted octanol–water partition coefficient (Wildman–Crippen LogP) is 3.03. The van der Waals surface area contributed by atoms with Gasteiger partial charge in [0.1, 0.15) is 11.6 Å². The van der Waals surface area contributed by atoms with E-state index in [1.54, 1.807) is 18.3 Å². The maximum absolute atomic E-state index is 13.5.